The lowest BCUT2D eigenvalue weighted by molar-refractivity contribution is 0.217. The Balaban J connectivity index is 2.06. The highest BCUT2D eigenvalue weighted by Gasteiger charge is 2.44. The van der Waals surface area contributed by atoms with Crippen molar-refractivity contribution in [1.29, 1.82) is 0 Å². The first-order chi connectivity index (χ1) is 7.73. The van der Waals surface area contributed by atoms with Crippen LogP contribution in [0.25, 0.3) is 0 Å². The molecule has 2 nitrogen and oxygen atoms in total. The number of pyridine rings is 1. The Morgan fingerprint density at radius 3 is 2.75 bits per heavy atom. The Bertz CT molecular complexity index is 393. The number of hydrogen-bond acceptors (Lipinski definition) is 2. The number of fused-ring (bicyclic) bond motifs is 2. The Hall–Kier alpha value is -1.05. The first-order valence-corrected chi connectivity index (χ1v) is 6.45. The van der Waals surface area contributed by atoms with Crippen molar-refractivity contribution in [2.24, 2.45) is 0 Å². The molecule has 2 aliphatic rings. The molecule has 2 heterocycles. The van der Waals surface area contributed by atoms with E-state index < -0.39 is 0 Å². The smallest absolute Gasteiger partial charge is 0.132 e. The van der Waals surface area contributed by atoms with Crippen molar-refractivity contribution in [1.82, 2.24) is 4.98 Å². The third-order valence-corrected chi connectivity index (χ3v) is 4.40. The van der Waals surface area contributed by atoms with Gasteiger partial charge < -0.3 is 4.90 Å². The van der Waals surface area contributed by atoms with Crippen LogP contribution in [-0.2, 0) is 5.41 Å². The van der Waals surface area contributed by atoms with Crippen LogP contribution in [-0.4, -0.2) is 17.6 Å². The van der Waals surface area contributed by atoms with Gasteiger partial charge in [-0.2, -0.15) is 0 Å². The van der Waals surface area contributed by atoms with E-state index in [4.69, 9.17) is 0 Å². The highest BCUT2D eigenvalue weighted by molar-refractivity contribution is 5.55. The van der Waals surface area contributed by atoms with Crippen LogP contribution in [0.15, 0.2) is 18.3 Å². The summed E-state index contributed by atoms with van der Waals surface area (Å²) in [7, 11) is 0. The van der Waals surface area contributed by atoms with Crippen molar-refractivity contribution >= 4 is 5.82 Å². The van der Waals surface area contributed by atoms with Gasteiger partial charge in [0.25, 0.3) is 0 Å². The van der Waals surface area contributed by atoms with Gasteiger partial charge in [-0.1, -0.05) is 12.5 Å². The molecule has 86 valence electrons. The van der Waals surface area contributed by atoms with Crippen LogP contribution < -0.4 is 4.90 Å². The highest BCUT2D eigenvalue weighted by atomic mass is 15.2. The lowest BCUT2D eigenvalue weighted by Gasteiger charge is -2.49. The molecule has 2 heteroatoms. The topological polar surface area (TPSA) is 16.1 Å². The van der Waals surface area contributed by atoms with E-state index in [-0.39, 0.29) is 0 Å². The Labute approximate surface area is 97.7 Å². The number of rotatable bonds is 1. The summed E-state index contributed by atoms with van der Waals surface area (Å²) in [6, 6.07) is 4.96. The molecule has 0 N–H and O–H groups in total. The van der Waals surface area contributed by atoms with Crippen LogP contribution in [0.1, 0.15) is 45.1 Å². The molecule has 3 rings (SSSR count). The normalized spacial score (nSPS) is 22.1. The third kappa shape index (κ3) is 1.28. The number of anilines is 1. The first kappa shape index (κ1) is 10.1. The van der Waals surface area contributed by atoms with Crippen molar-refractivity contribution < 1.29 is 0 Å². The monoisotopic (exact) mass is 216 g/mol. The molecule has 0 aromatic carbocycles. The SMILES string of the molecule is CC(C)N1CCC2(CCC2)c2cccnc21. The van der Waals surface area contributed by atoms with Gasteiger partial charge in [0, 0.05) is 29.8 Å². The number of aromatic nitrogens is 1. The second-order valence-corrected chi connectivity index (χ2v) is 5.55. The summed E-state index contributed by atoms with van der Waals surface area (Å²) in [5, 5.41) is 0. The van der Waals surface area contributed by atoms with Gasteiger partial charge in [0.05, 0.1) is 0 Å². The van der Waals surface area contributed by atoms with Gasteiger partial charge in [-0.25, -0.2) is 4.98 Å². The van der Waals surface area contributed by atoms with Crippen LogP contribution in [0.2, 0.25) is 0 Å². The maximum atomic E-state index is 4.63. The van der Waals surface area contributed by atoms with E-state index in [1.807, 2.05) is 6.20 Å². The maximum Gasteiger partial charge on any atom is 0.132 e. The summed E-state index contributed by atoms with van der Waals surface area (Å²) in [6.07, 6.45) is 7.40. The van der Waals surface area contributed by atoms with E-state index in [9.17, 15) is 0 Å². The maximum absolute atomic E-state index is 4.63. The largest absolute Gasteiger partial charge is 0.354 e. The zero-order valence-corrected chi connectivity index (χ0v) is 10.2. The number of nitrogens with zero attached hydrogens (tertiary/aromatic N) is 2. The van der Waals surface area contributed by atoms with Gasteiger partial charge in [0.15, 0.2) is 0 Å². The predicted molar refractivity (Wildman–Crippen MR) is 66.9 cm³/mol. The van der Waals surface area contributed by atoms with Crippen molar-refractivity contribution in [3.63, 3.8) is 0 Å². The molecule has 0 amide bonds. The highest BCUT2D eigenvalue weighted by Crippen LogP contribution is 2.51. The molecular formula is C14H20N2. The van der Waals surface area contributed by atoms with Gasteiger partial charge in [-0.3, -0.25) is 0 Å². The molecule has 1 spiro atoms. The van der Waals surface area contributed by atoms with Crippen LogP contribution in [0, 0.1) is 0 Å². The van der Waals surface area contributed by atoms with Gasteiger partial charge in [-0.05, 0) is 39.2 Å². The molecule has 1 saturated carbocycles. The lowest BCUT2D eigenvalue weighted by atomic mass is 9.61. The molecule has 0 saturated heterocycles. The fourth-order valence-electron chi connectivity index (χ4n) is 3.24. The zero-order valence-electron chi connectivity index (χ0n) is 10.2. The van der Waals surface area contributed by atoms with E-state index in [1.54, 1.807) is 0 Å². The molecule has 16 heavy (non-hydrogen) atoms. The molecule has 1 aliphatic heterocycles. The average molecular weight is 216 g/mol. The van der Waals surface area contributed by atoms with Gasteiger partial charge in [-0.15, -0.1) is 0 Å². The second-order valence-electron chi connectivity index (χ2n) is 5.55. The van der Waals surface area contributed by atoms with E-state index in [2.05, 4.69) is 35.9 Å². The van der Waals surface area contributed by atoms with Crippen molar-refractivity contribution in [3.05, 3.63) is 23.9 Å². The summed E-state index contributed by atoms with van der Waals surface area (Å²) < 4.78 is 0. The van der Waals surface area contributed by atoms with Gasteiger partial charge >= 0.3 is 0 Å². The molecule has 1 fully saturated rings. The Morgan fingerprint density at radius 2 is 2.12 bits per heavy atom. The molecule has 0 unspecified atom stereocenters. The van der Waals surface area contributed by atoms with Crippen molar-refractivity contribution in [3.8, 4) is 0 Å². The Kier molecular flexibility index (Phi) is 2.20. The summed E-state index contributed by atoms with van der Waals surface area (Å²) in [6.45, 7) is 5.70. The minimum Gasteiger partial charge on any atom is -0.354 e. The lowest BCUT2D eigenvalue weighted by Crippen LogP contribution is -2.47. The molecular weight excluding hydrogens is 196 g/mol. The van der Waals surface area contributed by atoms with Crippen LogP contribution in [0.4, 0.5) is 5.82 Å². The second kappa shape index (κ2) is 3.47. The molecule has 1 aliphatic carbocycles. The average Bonchev–Trinajstić information content (AvgIpc) is 2.25. The number of hydrogen-bond donors (Lipinski definition) is 0. The fraction of sp³-hybridized carbons (Fsp3) is 0.643. The van der Waals surface area contributed by atoms with Crippen LogP contribution >= 0.6 is 0 Å². The summed E-state index contributed by atoms with van der Waals surface area (Å²) in [5.41, 5.74) is 2.01. The molecule has 1 aromatic rings. The molecule has 0 bridgehead atoms. The minimum absolute atomic E-state index is 0.495. The molecule has 0 radical (unpaired) electrons. The summed E-state index contributed by atoms with van der Waals surface area (Å²) >= 11 is 0. The van der Waals surface area contributed by atoms with Crippen LogP contribution in [0.5, 0.6) is 0 Å². The van der Waals surface area contributed by atoms with E-state index >= 15 is 0 Å². The quantitative estimate of drug-likeness (QED) is 0.717. The molecule has 1 aromatic heterocycles. The summed E-state index contributed by atoms with van der Waals surface area (Å²) in [4.78, 5) is 7.08. The van der Waals surface area contributed by atoms with E-state index in [1.165, 1.54) is 43.6 Å². The van der Waals surface area contributed by atoms with Crippen LogP contribution in [0.3, 0.4) is 0 Å². The van der Waals surface area contributed by atoms with Gasteiger partial charge in [0.1, 0.15) is 5.82 Å². The summed E-state index contributed by atoms with van der Waals surface area (Å²) in [5.74, 6) is 1.25. The van der Waals surface area contributed by atoms with Gasteiger partial charge in [0.2, 0.25) is 0 Å². The zero-order chi connectivity index (χ0) is 11.2. The minimum atomic E-state index is 0.495. The third-order valence-electron chi connectivity index (χ3n) is 4.40. The Morgan fingerprint density at radius 1 is 1.31 bits per heavy atom. The predicted octanol–water partition coefficient (Wildman–Crippen LogP) is 3.12. The molecule has 0 atom stereocenters. The fourth-order valence-corrected chi connectivity index (χ4v) is 3.24. The standard InChI is InChI=1S/C14H20N2/c1-11(2)16-10-8-14(6-4-7-14)12-5-3-9-15-13(12)16/h3,5,9,11H,4,6-8,10H2,1-2H3. The van der Waals surface area contributed by atoms with Crippen molar-refractivity contribution in [2.75, 3.05) is 11.4 Å². The first-order valence-electron chi connectivity index (χ1n) is 6.45. The van der Waals surface area contributed by atoms with Crippen molar-refractivity contribution in [2.45, 2.75) is 51.0 Å². The van der Waals surface area contributed by atoms with E-state index in [0.29, 0.717) is 11.5 Å². The van der Waals surface area contributed by atoms with E-state index in [0.717, 1.165) is 0 Å².